The zero-order chi connectivity index (χ0) is 15.0. The Kier molecular flexibility index (Phi) is 3.70. The number of rotatable bonds is 3. The average molecular weight is 347 g/mol. The number of ether oxygens (including phenoxy) is 2. The Labute approximate surface area is 134 Å². The van der Waals surface area contributed by atoms with Crippen molar-refractivity contribution in [2.45, 2.75) is 24.1 Å². The second-order valence-corrected chi connectivity index (χ2v) is 6.98. The Morgan fingerprint density at radius 3 is 2.67 bits per heavy atom. The summed E-state index contributed by atoms with van der Waals surface area (Å²) in [5.74, 6) is 1.89. The highest BCUT2D eigenvalue weighted by molar-refractivity contribution is 9.09. The van der Waals surface area contributed by atoms with Gasteiger partial charge < -0.3 is 9.47 Å². The summed E-state index contributed by atoms with van der Waals surface area (Å²) >= 11 is 3.81. The molecule has 3 rings (SSSR count). The highest BCUT2D eigenvalue weighted by Gasteiger charge is 2.32. The zero-order valence-corrected chi connectivity index (χ0v) is 14.1. The van der Waals surface area contributed by atoms with Gasteiger partial charge in [0.05, 0.1) is 18.5 Å². The van der Waals surface area contributed by atoms with Crippen LogP contribution >= 0.6 is 15.9 Å². The van der Waals surface area contributed by atoms with E-state index in [1.165, 1.54) is 16.7 Å². The summed E-state index contributed by atoms with van der Waals surface area (Å²) in [6, 6.07) is 14.6. The molecule has 1 heterocycles. The fourth-order valence-corrected chi connectivity index (χ4v) is 3.26. The Bertz CT molecular complexity index is 664. The first-order chi connectivity index (χ1) is 10.0. The largest absolute Gasteiger partial charge is 0.497 e. The molecule has 2 nitrogen and oxygen atoms in total. The van der Waals surface area contributed by atoms with Gasteiger partial charge in [-0.05, 0) is 35.4 Å². The molecule has 1 aliphatic heterocycles. The smallest absolute Gasteiger partial charge is 0.123 e. The molecular formula is C18H19BrO2. The van der Waals surface area contributed by atoms with Crippen molar-refractivity contribution in [3.8, 4) is 11.5 Å². The third-order valence-corrected chi connectivity index (χ3v) is 5.06. The standard InChI is InChI=1S/C18H19BrO2/c1-18(2)11-21-16-8-7-13(10-15(16)18)17(19)12-5-4-6-14(9-12)20-3/h4-10,17H,11H2,1-3H3. The number of methoxy groups -OCH3 is 1. The maximum atomic E-state index is 5.76. The minimum atomic E-state index is 0.0758. The summed E-state index contributed by atoms with van der Waals surface area (Å²) in [5.41, 5.74) is 3.78. The maximum absolute atomic E-state index is 5.76. The van der Waals surface area contributed by atoms with Crippen molar-refractivity contribution in [3.05, 3.63) is 59.2 Å². The van der Waals surface area contributed by atoms with Gasteiger partial charge in [-0.1, -0.05) is 48.0 Å². The number of halogens is 1. The van der Waals surface area contributed by atoms with Crippen molar-refractivity contribution in [1.82, 2.24) is 0 Å². The van der Waals surface area contributed by atoms with E-state index in [1.807, 2.05) is 12.1 Å². The van der Waals surface area contributed by atoms with E-state index < -0.39 is 0 Å². The van der Waals surface area contributed by atoms with E-state index in [9.17, 15) is 0 Å². The van der Waals surface area contributed by atoms with Crippen LogP contribution in [0.4, 0.5) is 0 Å². The molecule has 0 saturated heterocycles. The van der Waals surface area contributed by atoms with Crippen molar-refractivity contribution in [2.75, 3.05) is 13.7 Å². The molecule has 0 saturated carbocycles. The van der Waals surface area contributed by atoms with Crippen molar-refractivity contribution in [3.63, 3.8) is 0 Å². The lowest BCUT2D eigenvalue weighted by Crippen LogP contribution is -2.18. The summed E-state index contributed by atoms with van der Waals surface area (Å²) in [5, 5.41) is 0. The normalized spacial score (nSPS) is 17.0. The van der Waals surface area contributed by atoms with E-state index in [2.05, 4.69) is 60.1 Å². The molecule has 0 spiro atoms. The molecule has 0 fully saturated rings. The molecular weight excluding hydrogens is 328 g/mol. The Balaban J connectivity index is 1.97. The maximum Gasteiger partial charge on any atom is 0.123 e. The molecule has 3 heteroatoms. The molecule has 0 aromatic heterocycles. The average Bonchev–Trinajstić information content (AvgIpc) is 2.81. The molecule has 0 amide bonds. The van der Waals surface area contributed by atoms with E-state index in [4.69, 9.17) is 9.47 Å². The highest BCUT2D eigenvalue weighted by Crippen LogP contribution is 2.42. The topological polar surface area (TPSA) is 18.5 Å². The third kappa shape index (κ3) is 2.67. The zero-order valence-electron chi connectivity index (χ0n) is 12.5. The van der Waals surface area contributed by atoms with Gasteiger partial charge in [0.1, 0.15) is 11.5 Å². The van der Waals surface area contributed by atoms with Crippen LogP contribution < -0.4 is 9.47 Å². The lowest BCUT2D eigenvalue weighted by molar-refractivity contribution is 0.291. The van der Waals surface area contributed by atoms with E-state index >= 15 is 0 Å². The Morgan fingerprint density at radius 1 is 1.14 bits per heavy atom. The summed E-state index contributed by atoms with van der Waals surface area (Å²) in [7, 11) is 1.69. The van der Waals surface area contributed by atoms with Crippen LogP contribution in [0.5, 0.6) is 11.5 Å². The van der Waals surface area contributed by atoms with Crippen LogP contribution in [0.15, 0.2) is 42.5 Å². The predicted octanol–water partition coefficient (Wildman–Crippen LogP) is 4.85. The summed E-state index contributed by atoms with van der Waals surface area (Å²) < 4.78 is 11.1. The molecule has 0 N–H and O–H groups in total. The molecule has 110 valence electrons. The van der Waals surface area contributed by atoms with Crippen molar-refractivity contribution in [2.24, 2.45) is 0 Å². The first-order valence-electron chi connectivity index (χ1n) is 7.06. The van der Waals surface area contributed by atoms with Gasteiger partial charge in [-0.3, -0.25) is 0 Å². The van der Waals surface area contributed by atoms with Gasteiger partial charge in [-0.15, -0.1) is 0 Å². The van der Waals surface area contributed by atoms with Gasteiger partial charge in [0, 0.05) is 11.0 Å². The van der Waals surface area contributed by atoms with E-state index in [1.54, 1.807) is 7.11 Å². The van der Waals surface area contributed by atoms with Gasteiger partial charge >= 0.3 is 0 Å². The molecule has 1 unspecified atom stereocenters. The molecule has 2 aromatic carbocycles. The minimum absolute atomic E-state index is 0.0758. The van der Waals surface area contributed by atoms with E-state index in [-0.39, 0.29) is 10.2 Å². The van der Waals surface area contributed by atoms with Crippen LogP contribution in [0.1, 0.15) is 35.4 Å². The van der Waals surface area contributed by atoms with Crippen LogP contribution in [-0.4, -0.2) is 13.7 Å². The number of fused-ring (bicyclic) bond motifs is 1. The summed E-state index contributed by atoms with van der Waals surface area (Å²) in [6.45, 7) is 5.19. The van der Waals surface area contributed by atoms with Gasteiger partial charge in [-0.2, -0.15) is 0 Å². The van der Waals surface area contributed by atoms with Gasteiger partial charge in [0.2, 0.25) is 0 Å². The lowest BCUT2D eigenvalue weighted by Gasteiger charge is -2.18. The molecule has 2 aromatic rings. The monoisotopic (exact) mass is 346 g/mol. The molecule has 1 atom stereocenters. The highest BCUT2D eigenvalue weighted by atomic mass is 79.9. The Morgan fingerprint density at radius 2 is 1.90 bits per heavy atom. The van der Waals surface area contributed by atoms with E-state index in [0.29, 0.717) is 0 Å². The number of hydrogen-bond donors (Lipinski definition) is 0. The SMILES string of the molecule is COc1cccc(C(Br)c2ccc3c(c2)C(C)(C)CO3)c1. The van der Waals surface area contributed by atoms with Crippen LogP contribution in [0, 0.1) is 0 Å². The molecule has 0 bridgehead atoms. The van der Waals surface area contributed by atoms with Crippen LogP contribution in [-0.2, 0) is 5.41 Å². The molecule has 21 heavy (non-hydrogen) atoms. The molecule has 1 aliphatic rings. The lowest BCUT2D eigenvalue weighted by atomic mass is 9.85. The fraction of sp³-hybridized carbons (Fsp3) is 0.333. The second kappa shape index (κ2) is 5.38. The van der Waals surface area contributed by atoms with E-state index in [0.717, 1.165) is 18.1 Å². The first-order valence-corrected chi connectivity index (χ1v) is 7.98. The molecule has 0 radical (unpaired) electrons. The number of alkyl halides is 1. The molecule has 0 aliphatic carbocycles. The first kappa shape index (κ1) is 14.5. The number of benzene rings is 2. The third-order valence-electron chi connectivity index (χ3n) is 4.00. The minimum Gasteiger partial charge on any atom is -0.497 e. The van der Waals surface area contributed by atoms with Gasteiger partial charge in [-0.25, -0.2) is 0 Å². The van der Waals surface area contributed by atoms with Gasteiger partial charge in [0.25, 0.3) is 0 Å². The van der Waals surface area contributed by atoms with Crippen molar-refractivity contribution in [1.29, 1.82) is 0 Å². The summed E-state index contributed by atoms with van der Waals surface area (Å²) in [4.78, 5) is 0.147. The van der Waals surface area contributed by atoms with Crippen molar-refractivity contribution < 1.29 is 9.47 Å². The number of hydrogen-bond acceptors (Lipinski definition) is 2. The van der Waals surface area contributed by atoms with Gasteiger partial charge in [0.15, 0.2) is 0 Å². The Hall–Kier alpha value is -1.48. The van der Waals surface area contributed by atoms with Crippen molar-refractivity contribution >= 4 is 15.9 Å². The van der Waals surface area contributed by atoms with Crippen LogP contribution in [0.2, 0.25) is 0 Å². The van der Waals surface area contributed by atoms with Crippen LogP contribution in [0.3, 0.4) is 0 Å². The quantitative estimate of drug-likeness (QED) is 0.739. The second-order valence-electron chi connectivity index (χ2n) is 6.07. The van der Waals surface area contributed by atoms with Crippen LogP contribution in [0.25, 0.3) is 0 Å². The predicted molar refractivity (Wildman–Crippen MR) is 88.7 cm³/mol. The fourth-order valence-electron chi connectivity index (χ4n) is 2.69. The summed E-state index contributed by atoms with van der Waals surface area (Å²) in [6.07, 6.45) is 0.